The molecule has 2 aliphatic heterocycles. The van der Waals surface area contributed by atoms with Crippen molar-refractivity contribution in [3.8, 4) is 11.5 Å². The predicted molar refractivity (Wildman–Crippen MR) is 180 cm³/mol. The fourth-order valence-electron chi connectivity index (χ4n) is 11.3. The third-order valence-corrected chi connectivity index (χ3v) is 13.6. The van der Waals surface area contributed by atoms with Crippen molar-refractivity contribution in [1.29, 1.82) is 0 Å². The maximum absolute atomic E-state index is 10.4. The van der Waals surface area contributed by atoms with E-state index in [1.165, 1.54) is 37.7 Å². The van der Waals surface area contributed by atoms with Gasteiger partial charge in [-0.1, -0.05) is 73.9 Å². The number of hydrogen-bond acceptors (Lipinski definition) is 4. The SMILES string of the molecule is CC1=C2C[C@H]3[C@@H](CC=C4C[C@@H](O)CC[C@@]43C)[C@@H]2CC[C@@]2(C1)O[C@@H]1C[C@H](C)CN(Cc3ccc(Oc4ccccc4)cc3)[C@H]1[C@H]2C. The highest BCUT2D eigenvalue weighted by Crippen LogP contribution is 2.64. The van der Waals surface area contributed by atoms with Crippen molar-refractivity contribution in [3.05, 3.63) is 83.0 Å². The highest BCUT2D eigenvalue weighted by molar-refractivity contribution is 5.35. The fourth-order valence-corrected chi connectivity index (χ4v) is 11.3. The molecule has 0 radical (unpaired) electrons. The van der Waals surface area contributed by atoms with Crippen LogP contribution >= 0.6 is 0 Å². The number of rotatable bonds is 4. The van der Waals surface area contributed by atoms with Crippen LogP contribution in [0.2, 0.25) is 0 Å². The third kappa shape index (κ3) is 5.15. The molecule has 2 saturated heterocycles. The molecule has 4 fully saturated rings. The second-order valence-electron chi connectivity index (χ2n) is 16.2. The Morgan fingerprint density at radius 3 is 2.56 bits per heavy atom. The fraction of sp³-hybridized carbons (Fsp3) is 0.610. The number of allylic oxidation sites excluding steroid dienone is 2. The Morgan fingerprint density at radius 2 is 1.76 bits per heavy atom. The summed E-state index contributed by atoms with van der Waals surface area (Å²) in [5, 5.41) is 10.4. The van der Waals surface area contributed by atoms with E-state index in [1.807, 2.05) is 30.3 Å². The lowest BCUT2D eigenvalue weighted by Gasteiger charge is -2.49. The zero-order valence-electron chi connectivity index (χ0n) is 27.9. The molecule has 2 aromatic rings. The number of para-hydroxylation sites is 1. The number of ether oxygens (including phenoxy) is 2. The van der Waals surface area contributed by atoms with E-state index in [0.29, 0.717) is 29.9 Å². The molecule has 240 valence electrons. The molecule has 45 heavy (non-hydrogen) atoms. The van der Waals surface area contributed by atoms with Crippen molar-refractivity contribution in [2.45, 2.75) is 116 Å². The van der Waals surface area contributed by atoms with Gasteiger partial charge in [0.2, 0.25) is 0 Å². The number of aliphatic hydroxyl groups is 1. The van der Waals surface area contributed by atoms with Crippen molar-refractivity contribution in [2.24, 2.45) is 35.0 Å². The molecule has 6 aliphatic rings. The van der Waals surface area contributed by atoms with E-state index in [9.17, 15) is 5.11 Å². The van der Waals surface area contributed by atoms with E-state index >= 15 is 0 Å². The van der Waals surface area contributed by atoms with E-state index in [4.69, 9.17) is 9.47 Å². The second kappa shape index (κ2) is 11.4. The predicted octanol–water partition coefficient (Wildman–Crippen LogP) is 9.10. The van der Waals surface area contributed by atoms with Crippen LogP contribution in [0.25, 0.3) is 0 Å². The summed E-state index contributed by atoms with van der Waals surface area (Å²) in [7, 11) is 0. The molecule has 10 atom stereocenters. The Balaban J connectivity index is 1.000. The summed E-state index contributed by atoms with van der Waals surface area (Å²) in [6.45, 7) is 12.1. The average molecular weight is 608 g/mol. The van der Waals surface area contributed by atoms with Crippen LogP contribution in [0.5, 0.6) is 11.5 Å². The first kappa shape index (κ1) is 30.0. The van der Waals surface area contributed by atoms with Gasteiger partial charge < -0.3 is 14.6 Å². The van der Waals surface area contributed by atoms with Gasteiger partial charge in [-0.15, -0.1) is 0 Å². The van der Waals surface area contributed by atoms with E-state index in [-0.39, 0.29) is 17.1 Å². The molecule has 0 amide bonds. The molecule has 2 heterocycles. The first-order valence-electron chi connectivity index (χ1n) is 18.0. The summed E-state index contributed by atoms with van der Waals surface area (Å²) >= 11 is 0. The summed E-state index contributed by atoms with van der Waals surface area (Å²) in [4.78, 5) is 2.77. The van der Waals surface area contributed by atoms with Crippen LogP contribution in [-0.4, -0.2) is 40.4 Å². The van der Waals surface area contributed by atoms with Crippen molar-refractivity contribution < 1.29 is 14.6 Å². The van der Waals surface area contributed by atoms with Gasteiger partial charge in [0.25, 0.3) is 0 Å². The minimum atomic E-state index is -0.131. The first-order chi connectivity index (χ1) is 21.7. The molecule has 0 unspecified atom stereocenters. The van der Waals surface area contributed by atoms with Crippen molar-refractivity contribution in [1.82, 2.24) is 4.90 Å². The van der Waals surface area contributed by atoms with Gasteiger partial charge in [0.15, 0.2) is 0 Å². The monoisotopic (exact) mass is 607 g/mol. The maximum atomic E-state index is 10.4. The van der Waals surface area contributed by atoms with Crippen LogP contribution in [0.15, 0.2) is 77.4 Å². The molecule has 4 nitrogen and oxygen atoms in total. The number of hydrogen-bond donors (Lipinski definition) is 1. The summed E-state index contributed by atoms with van der Waals surface area (Å²) in [6.07, 6.45) is 13.0. The van der Waals surface area contributed by atoms with Crippen molar-refractivity contribution in [3.63, 3.8) is 0 Å². The topological polar surface area (TPSA) is 41.9 Å². The Labute approximate surface area is 270 Å². The lowest BCUT2D eigenvalue weighted by molar-refractivity contribution is -0.0798. The van der Waals surface area contributed by atoms with Crippen LogP contribution < -0.4 is 4.74 Å². The van der Waals surface area contributed by atoms with Gasteiger partial charge in [-0.05, 0) is 124 Å². The highest BCUT2D eigenvalue weighted by Gasteiger charge is 2.59. The zero-order valence-corrected chi connectivity index (χ0v) is 27.9. The number of fused-ring (bicyclic) bond motifs is 6. The quantitative estimate of drug-likeness (QED) is 0.352. The number of aliphatic hydroxyl groups excluding tert-OH is 1. The van der Waals surface area contributed by atoms with Gasteiger partial charge in [-0.2, -0.15) is 0 Å². The summed E-state index contributed by atoms with van der Waals surface area (Å²) in [5.41, 5.74) is 6.59. The summed E-state index contributed by atoms with van der Waals surface area (Å²) < 4.78 is 13.4. The molecule has 4 heteroatoms. The smallest absolute Gasteiger partial charge is 0.127 e. The molecule has 2 saturated carbocycles. The molecule has 1 N–H and O–H groups in total. The molecule has 1 spiro atoms. The molecule has 8 rings (SSSR count). The molecule has 0 aromatic heterocycles. The molecule has 2 aromatic carbocycles. The number of nitrogens with zero attached hydrogens (tertiary/aromatic N) is 1. The van der Waals surface area contributed by atoms with Crippen LogP contribution in [0.1, 0.15) is 91.0 Å². The molecule has 0 bridgehead atoms. The largest absolute Gasteiger partial charge is 0.457 e. The van der Waals surface area contributed by atoms with Crippen molar-refractivity contribution in [2.75, 3.05) is 6.54 Å². The average Bonchev–Trinajstić information content (AvgIpc) is 3.49. The van der Waals surface area contributed by atoms with Crippen molar-refractivity contribution >= 4 is 0 Å². The van der Waals surface area contributed by atoms with Gasteiger partial charge in [0.05, 0.1) is 17.8 Å². The van der Waals surface area contributed by atoms with Gasteiger partial charge in [-0.25, -0.2) is 0 Å². The molecular formula is C41H53NO3. The Bertz CT molecular complexity index is 1460. The van der Waals surface area contributed by atoms with Gasteiger partial charge in [0, 0.05) is 25.0 Å². The van der Waals surface area contributed by atoms with Gasteiger partial charge >= 0.3 is 0 Å². The van der Waals surface area contributed by atoms with E-state index in [1.54, 1.807) is 16.7 Å². The second-order valence-corrected chi connectivity index (χ2v) is 16.2. The number of piperidine rings is 1. The Morgan fingerprint density at radius 1 is 0.978 bits per heavy atom. The van der Waals surface area contributed by atoms with Crippen LogP contribution in [-0.2, 0) is 11.3 Å². The minimum absolute atomic E-state index is 0.0452. The molecular weight excluding hydrogens is 554 g/mol. The standard InChI is InChI=1S/C41H53NO3/c1-26-20-38-39(42(24-26)25-29-10-13-33(14-11-29)44-32-8-6-5-7-9-32)28(3)41(45-38)19-17-34-35-15-12-30-21-31(43)16-18-40(30,4)37(35)22-36(34)27(2)23-41/h5-14,26,28,31,34-35,37-39,43H,15-25H2,1-4H3/t26-,28+,31-,34-,35-,37-,38+,39-,40-,41-/m0/s1. The van der Waals surface area contributed by atoms with E-state index in [0.717, 1.165) is 62.1 Å². The lowest BCUT2D eigenvalue weighted by atomic mass is 9.56. The third-order valence-electron chi connectivity index (χ3n) is 13.6. The van der Waals surface area contributed by atoms with Crippen LogP contribution in [0, 0.1) is 35.0 Å². The number of likely N-dealkylation sites (tertiary alicyclic amines) is 1. The van der Waals surface area contributed by atoms with E-state index < -0.39 is 0 Å². The zero-order chi connectivity index (χ0) is 30.9. The Kier molecular flexibility index (Phi) is 7.58. The maximum Gasteiger partial charge on any atom is 0.127 e. The first-order valence-corrected chi connectivity index (χ1v) is 18.0. The van der Waals surface area contributed by atoms with Gasteiger partial charge in [-0.3, -0.25) is 4.90 Å². The minimum Gasteiger partial charge on any atom is -0.457 e. The summed E-state index contributed by atoms with van der Waals surface area (Å²) in [6, 6.07) is 19.2. The Hall–Kier alpha value is -2.40. The van der Waals surface area contributed by atoms with E-state index in [2.05, 4.69) is 62.9 Å². The normalized spacial score (nSPS) is 41.1. The number of benzene rings is 2. The molecule has 4 aliphatic carbocycles. The lowest BCUT2D eigenvalue weighted by Crippen LogP contribution is -2.51. The van der Waals surface area contributed by atoms with Crippen LogP contribution in [0.4, 0.5) is 0 Å². The van der Waals surface area contributed by atoms with Crippen LogP contribution in [0.3, 0.4) is 0 Å². The summed E-state index contributed by atoms with van der Waals surface area (Å²) in [5.74, 6) is 5.13. The van der Waals surface area contributed by atoms with Gasteiger partial charge in [0.1, 0.15) is 11.5 Å². The highest BCUT2D eigenvalue weighted by atomic mass is 16.5.